The highest BCUT2D eigenvalue weighted by Gasteiger charge is 2.47. The molecule has 0 saturated heterocycles. The third-order valence-electron chi connectivity index (χ3n) is 4.96. The molecule has 114 valence electrons. The van der Waals surface area contributed by atoms with Gasteiger partial charge in [-0.25, -0.2) is 0 Å². The average molecular weight is 298 g/mol. The standard InChI is InChI=1S/C15H26N2O2S/c16-13(20)15(8-4-5-9-15)14(19)17(10-11-18)12-6-2-1-3-7-12/h12,18H,1-11H2,(H2,16,20). The van der Waals surface area contributed by atoms with Crippen molar-refractivity contribution < 1.29 is 9.90 Å². The van der Waals surface area contributed by atoms with Crippen LogP contribution < -0.4 is 5.73 Å². The van der Waals surface area contributed by atoms with Crippen LogP contribution in [0.3, 0.4) is 0 Å². The van der Waals surface area contributed by atoms with Crippen molar-refractivity contribution in [1.29, 1.82) is 0 Å². The minimum absolute atomic E-state index is 0.00958. The summed E-state index contributed by atoms with van der Waals surface area (Å²) in [6.07, 6.45) is 9.24. The summed E-state index contributed by atoms with van der Waals surface area (Å²) in [5.41, 5.74) is 5.28. The van der Waals surface area contributed by atoms with Gasteiger partial charge in [-0.1, -0.05) is 44.3 Å². The van der Waals surface area contributed by atoms with Crippen molar-refractivity contribution in [2.45, 2.75) is 63.8 Å². The molecule has 1 amide bonds. The van der Waals surface area contributed by atoms with Crippen LogP contribution in [0.4, 0.5) is 0 Å². The first-order valence-corrected chi connectivity index (χ1v) is 8.24. The summed E-state index contributed by atoms with van der Waals surface area (Å²) in [7, 11) is 0. The normalized spacial score (nSPS) is 22.6. The molecule has 0 aromatic heterocycles. The molecule has 0 aliphatic heterocycles. The van der Waals surface area contributed by atoms with E-state index in [0.717, 1.165) is 38.5 Å². The SMILES string of the molecule is NC(=S)C1(C(=O)N(CCO)C2CCCCC2)CCCC1. The molecule has 5 heteroatoms. The number of amides is 1. The summed E-state index contributed by atoms with van der Waals surface area (Å²) < 4.78 is 0. The van der Waals surface area contributed by atoms with Crippen LogP contribution in [-0.4, -0.2) is 40.1 Å². The number of hydrogen-bond donors (Lipinski definition) is 2. The first-order valence-electron chi connectivity index (χ1n) is 7.83. The Labute approximate surface area is 126 Å². The maximum atomic E-state index is 13.0. The van der Waals surface area contributed by atoms with Crippen LogP contribution in [0.2, 0.25) is 0 Å². The smallest absolute Gasteiger partial charge is 0.235 e. The van der Waals surface area contributed by atoms with E-state index >= 15 is 0 Å². The summed E-state index contributed by atoms with van der Waals surface area (Å²) in [5.74, 6) is 0.0726. The van der Waals surface area contributed by atoms with Crippen LogP contribution in [0.1, 0.15) is 57.8 Å². The lowest BCUT2D eigenvalue weighted by Gasteiger charge is -2.39. The lowest BCUT2D eigenvalue weighted by Crippen LogP contribution is -2.53. The number of carbonyl (C=O) groups is 1. The zero-order valence-electron chi connectivity index (χ0n) is 12.1. The fraction of sp³-hybridized carbons (Fsp3) is 0.867. The van der Waals surface area contributed by atoms with Crippen molar-refractivity contribution in [2.75, 3.05) is 13.2 Å². The first-order chi connectivity index (χ1) is 9.62. The number of nitrogens with zero attached hydrogens (tertiary/aromatic N) is 1. The molecule has 2 aliphatic carbocycles. The topological polar surface area (TPSA) is 66.6 Å². The molecule has 0 bridgehead atoms. The Morgan fingerprint density at radius 1 is 1.20 bits per heavy atom. The maximum Gasteiger partial charge on any atom is 0.235 e. The van der Waals surface area contributed by atoms with Crippen LogP contribution in [0.5, 0.6) is 0 Å². The number of aliphatic hydroxyl groups is 1. The van der Waals surface area contributed by atoms with Gasteiger partial charge in [-0.15, -0.1) is 0 Å². The second kappa shape index (κ2) is 6.85. The van der Waals surface area contributed by atoms with Crippen molar-refractivity contribution in [3.63, 3.8) is 0 Å². The van der Waals surface area contributed by atoms with Gasteiger partial charge in [-0.05, 0) is 25.7 Å². The Morgan fingerprint density at radius 3 is 2.30 bits per heavy atom. The van der Waals surface area contributed by atoms with Crippen LogP contribution in [0.25, 0.3) is 0 Å². The highest BCUT2D eigenvalue weighted by atomic mass is 32.1. The van der Waals surface area contributed by atoms with E-state index in [9.17, 15) is 9.90 Å². The van der Waals surface area contributed by atoms with Crippen molar-refractivity contribution in [3.05, 3.63) is 0 Å². The fourth-order valence-electron chi connectivity index (χ4n) is 3.77. The van der Waals surface area contributed by atoms with E-state index < -0.39 is 5.41 Å². The Hall–Kier alpha value is -0.680. The minimum atomic E-state index is -0.637. The third kappa shape index (κ3) is 2.98. The lowest BCUT2D eigenvalue weighted by molar-refractivity contribution is -0.141. The molecule has 0 heterocycles. The maximum absolute atomic E-state index is 13.0. The molecule has 0 atom stereocenters. The summed E-state index contributed by atoms with van der Waals surface area (Å²) in [6.45, 7) is 0.420. The van der Waals surface area contributed by atoms with Gasteiger partial charge in [0.15, 0.2) is 0 Å². The molecule has 4 nitrogen and oxygen atoms in total. The van der Waals surface area contributed by atoms with Crippen LogP contribution in [-0.2, 0) is 4.79 Å². The van der Waals surface area contributed by atoms with E-state index in [-0.39, 0.29) is 18.6 Å². The molecule has 0 aromatic rings. The first kappa shape index (κ1) is 15.7. The molecule has 0 spiro atoms. The monoisotopic (exact) mass is 298 g/mol. The van der Waals surface area contributed by atoms with Gasteiger partial charge in [0.1, 0.15) is 0 Å². The van der Waals surface area contributed by atoms with E-state index in [4.69, 9.17) is 18.0 Å². The van der Waals surface area contributed by atoms with Crippen LogP contribution in [0, 0.1) is 5.41 Å². The third-order valence-corrected chi connectivity index (χ3v) is 5.35. The molecule has 2 aliphatic rings. The largest absolute Gasteiger partial charge is 0.395 e. The van der Waals surface area contributed by atoms with Gasteiger partial charge in [0.05, 0.1) is 17.0 Å². The number of carbonyl (C=O) groups excluding carboxylic acids is 1. The molecule has 2 rings (SSSR count). The molecule has 20 heavy (non-hydrogen) atoms. The van der Waals surface area contributed by atoms with Gasteiger partial charge in [0.25, 0.3) is 0 Å². The molecule has 0 radical (unpaired) electrons. The average Bonchev–Trinajstić information content (AvgIpc) is 2.96. The Morgan fingerprint density at radius 2 is 1.80 bits per heavy atom. The molecule has 2 saturated carbocycles. The van der Waals surface area contributed by atoms with E-state index in [1.54, 1.807) is 0 Å². The van der Waals surface area contributed by atoms with E-state index in [1.165, 1.54) is 19.3 Å². The summed E-state index contributed by atoms with van der Waals surface area (Å²) in [4.78, 5) is 15.3. The number of thiocarbonyl (C=S) groups is 1. The predicted molar refractivity (Wildman–Crippen MR) is 83.4 cm³/mol. The lowest BCUT2D eigenvalue weighted by atomic mass is 9.83. The molecule has 2 fully saturated rings. The van der Waals surface area contributed by atoms with Gasteiger partial charge in [-0.2, -0.15) is 0 Å². The van der Waals surface area contributed by atoms with E-state index in [0.29, 0.717) is 11.5 Å². The van der Waals surface area contributed by atoms with Crippen molar-refractivity contribution >= 4 is 23.1 Å². The number of nitrogens with two attached hydrogens (primary N) is 1. The van der Waals surface area contributed by atoms with E-state index in [2.05, 4.69) is 0 Å². The number of hydrogen-bond acceptors (Lipinski definition) is 3. The Balaban J connectivity index is 2.18. The van der Waals surface area contributed by atoms with Gasteiger partial charge in [0.2, 0.25) is 5.91 Å². The van der Waals surface area contributed by atoms with Crippen molar-refractivity contribution in [3.8, 4) is 0 Å². The van der Waals surface area contributed by atoms with Crippen molar-refractivity contribution in [1.82, 2.24) is 4.90 Å². The highest BCUT2D eigenvalue weighted by Crippen LogP contribution is 2.41. The Kier molecular flexibility index (Phi) is 5.38. The van der Waals surface area contributed by atoms with Crippen LogP contribution in [0.15, 0.2) is 0 Å². The highest BCUT2D eigenvalue weighted by molar-refractivity contribution is 7.80. The van der Waals surface area contributed by atoms with Crippen molar-refractivity contribution in [2.24, 2.45) is 11.1 Å². The minimum Gasteiger partial charge on any atom is -0.395 e. The predicted octanol–water partition coefficient (Wildman–Crippen LogP) is 1.99. The molecular weight excluding hydrogens is 272 g/mol. The van der Waals surface area contributed by atoms with Gasteiger partial charge < -0.3 is 15.7 Å². The molecular formula is C15H26N2O2S. The van der Waals surface area contributed by atoms with Crippen LogP contribution >= 0.6 is 12.2 Å². The Bertz CT molecular complexity index is 361. The van der Waals surface area contributed by atoms with Gasteiger partial charge in [-0.3, -0.25) is 4.79 Å². The zero-order valence-corrected chi connectivity index (χ0v) is 13.0. The quantitative estimate of drug-likeness (QED) is 0.762. The van der Waals surface area contributed by atoms with Gasteiger partial charge in [0, 0.05) is 12.6 Å². The zero-order chi connectivity index (χ0) is 14.6. The second-order valence-electron chi connectivity index (χ2n) is 6.17. The van der Waals surface area contributed by atoms with Gasteiger partial charge >= 0.3 is 0 Å². The second-order valence-corrected chi connectivity index (χ2v) is 6.61. The fourth-order valence-corrected chi connectivity index (χ4v) is 4.06. The number of aliphatic hydroxyl groups excluding tert-OH is 1. The summed E-state index contributed by atoms with van der Waals surface area (Å²) in [5, 5.41) is 9.32. The molecule has 0 aromatic carbocycles. The summed E-state index contributed by atoms with van der Waals surface area (Å²) >= 11 is 5.22. The molecule has 3 N–H and O–H groups in total. The number of rotatable bonds is 5. The molecule has 0 unspecified atom stereocenters. The van der Waals surface area contributed by atoms with E-state index in [1.807, 2.05) is 4.90 Å². The summed E-state index contributed by atoms with van der Waals surface area (Å²) in [6, 6.07) is 0.259.